The molecule has 2 aromatic rings. The molecule has 13 heteroatoms. The Morgan fingerprint density at radius 3 is 2.12 bits per heavy atom. The summed E-state index contributed by atoms with van der Waals surface area (Å²) >= 11 is 0.538. The van der Waals surface area contributed by atoms with E-state index in [9.17, 15) is 41.0 Å². The molecule has 0 saturated carbocycles. The third-order valence-corrected chi connectivity index (χ3v) is 8.03. The molecule has 0 atom stereocenters. The number of hydrogen-bond acceptors (Lipinski definition) is 5. The largest absolute Gasteiger partial charge is 0.481 e. The molecule has 6 nitrogen and oxygen atoms in total. The highest BCUT2D eigenvalue weighted by atomic mass is 32.2. The highest BCUT2D eigenvalue weighted by molar-refractivity contribution is 7.99. The monoisotopic (exact) mass is 587 g/mol. The van der Waals surface area contributed by atoms with Crippen LogP contribution in [0.4, 0.5) is 32.0 Å². The van der Waals surface area contributed by atoms with Gasteiger partial charge in [0.05, 0.1) is 17.0 Å². The van der Waals surface area contributed by atoms with Crippen LogP contribution < -0.4 is 10.2 Å². The van der Waals surface area contributed by atoms with Gasteiger partial charge in [0, 0.05) is 60.3 Å². The first-order chi connectivity index (χ1) is 18.8. The number of carboxylic acids is 1. The minimum absolute atomic E-state index is 0.198. The number of alkyl halides is 6. The molecule has 0 aliphatic carbocycles. The van der Waals surface area contributed by atoms with Crippen LogP contribution in [-0.4, -0.2) is 61.2 Å². The van der Waals surface area contributed by atoms with Gasteiger partial charge < -0.3 is 20.2 Å². The molecule has 0 bridgehead atoms. The van der Waals surface area contributed by atoms with Gasteiger partial charge in [-0.05, 0) is 42.7 Å². The molecule has 2 saturated heterocycles. The van der Waals surface area contributed by atoms with Gasteiger partial charge in [-0.3, -0.25) is 9.59 Å². The van der Waals surface area contributed by atoms with E-state index in [1.807, 2.05) is 4.90 Å². The van der Waals surface area contributed by atoms with Crippen molar-refractivity contribution in [2.45, 2.75) is 35.0 Å². The third-order valence-electron chi connectivity index (χ3n) is 6.98. The lowest BCUT2D eigenvalue weighted by Crippen LogP contribution is -2.46. The number of halogens is 6. The summed E-state index contributed by atoms with van der Waals surface area (Å²) in [5.41, 5.74) is -4.73. The Hall–Kier alpha value is -3.19. The molecule has 0 unspecified atom stereocenters. The number of nitrogens with one attached hydrogen (secondary N) is 1. The summed E-state index contributed by atoms with van der Waals surface area (Å²) in [5.74, 6) is -2.21. The second-order valence-corrected chi connectivity index (χ2v) is 10.7. The average Bonchev–Trinajstić information content (AvgIpc) is 2.91. The summed E-state index contributed by atoms with van der Waals surface area (Å²) in [5, 5.41) is 12.2. The maximum absolute atomic E-state index is 14.3. The molecule has 2 fully saturated rings. The number of carboxylic acid groups (broad SMARTS) is 1. The molecule has 2 N–H and O–H groups in total. The normalized spacial score (nSPS) is 17.1. The number of aliphatic carboxylic acids is 1. The van der Waals surface area contributed by atoms with Crippen LogP contribution in [0.3, 0.4) is 0 Å². The summed E-state index contributed by atoms with van der Waals surface area (Å²) in [6.45, 7) is 5.53. The van der Waals surface area contributed by atoms with E-state index in [-0.39, 0.29) is 18.0 Å². The molecule has 0 radical (unpaired) electrons. The van der Waals surface area contributed by atoms with Crippen LogP contribution in [-0.2, 0) is 21.9 Å². The van der Waals surface area contributed by atoms with Crippen molar-refractivity contribution in [3.05, 3.63) is 59.7 Å². The summed E-state index contributed by atoms with van der Waals surface area (Å²) in [7, 11) is 0. The smallest absolute Gasteiger partial charge is 0.418 e. The molecular formula is C27H27F6N3O3S. The first-order valence-electron chi connectivity index (χ1n) is 12.5. The van der Waals surface area contributed by atoms with Crippen LogP contribution in [0, 0.1) is 5.92 Å². The van der Waals surface area contributed by atoms with Gasteiger partial charge in [-0.1, -0.05) is 30.5 Å². The molecule has 40 heavy (non-hydrogen) atoms. The molecule has 2 heterocycles. The zero-order valence-corrected chi connectivity index (χ0v) is 22.1. The van der Waals surface area contributed by atoms with Crippen LogP contribution in [0.25, 0.3) is 5.57 Å². The van der Waals surface area contributed by atoms with Crippen molar-refractivity contribution in [2.75, 3.05) is 44.2 Å². The first-order valence-corrected chi connectivity index (χ1v) is 13.4. The number of anilines is 1. The van der Waals surface area contributed by atoms with Crippen LogP contribution in [0.2, 0.25) is 0 Å². The molecule has 1 amide bonds. The highest BCUT2D eigenvalue weighted by Crippen LogP contribution is 2.49. The summed E-state index contributed by atoms with van der Waals surface area (Å²) < 4.78 is 85.8. The number of carbonyl (C=O) groups excluding carboxylic acids is 1. The Balaban J connectivity index is 1.69. The van der Waals surface area contributed by atoms with Crippen molar-refractivity contribution >= 4 is 34.9 Å². The SMILES string of the molecule is C=C(C(=O)N1CCNCC1)c1ccc(Sc2cccc(N3CCC(C(=O)O)CC3)c2)c(C(F)(F)F)c1C(F)(F)F. The predicted octanol–water partition coefficient (Wildman–Crippen LogP) is 5.62. The number of amides is 1. The molecule has 2 aliphatic heterocycles. The van der Waals surface area contributed by atoms with Crippen LogP contribution >= 0.6 is 11.8 Å². The Bertz CT molecular complexity index is 1280. The Labute approximate surface area is 231 Å². The van der Waals surface area contributed by atoms with E-state index in [0.717, 1.165) is 12.1 Å². The number of carbonyl (C=O) groups is 2. The van der Waals surface area contributed by atoms with Gasteiger partial charge in [-0.2, -0.15) is 26.3 Å². The second kappa shape index (κ2) is 11.7. The molecule has 0 aromatic heterocycles. The number of piperidine rings is 1. The maximum Gasteiger partial charge on any atom is 0.418 e. The van der Waals surface area contributed by atoms with E-state index < -0.39 is 57.3 Å². The van der Waals surface area contributed by atoms with Crippen LogP contribution in [0.1, 0.15) is 29.5 Å². The zero-order chi connectivity index (χ0) is 29.2. The maximum atomic E-state index is 14.3. The molecule has 2 aromatic carbocycles. The van der Waals surface area contributed by atoms with Gasteiger partial charge >= 0.3 is 18.3 Å². The van der Waals surface area contributed by atoms with E-state index in [0.29, 0.717) is 56.5 Å². The standard InChI is InChI=1S/C27H27F6N3O3S/c1-16(24(37)36-13-9-34-10-14-36)20-5-6-21(23(27(31,32)33)22(20)26(28,29)30)40-19-4-2-3-18(15-19)35-11-7-17(8-12-35)25(38)39/h2-6,15,17,34H,1,7-14H2,(H,38,39). The lowest BCUT2D eigenvalue weighted by atomic mass is 9.94. The predicted molar refractivity (Wildman–Crippen MR) is 138 cm³/mol. The highest BCUT2D eigenvalue weighted by Gasteiger charge is 2.47. The van der Waals surface area contributed by atoms with Gasteiger partial charge in [0.1, 0.15) is 0 Å². The van der Waals surface area contributed by atoms with E-state index in [1.165, 1.54) is 11.0 Å². The summed E-state index contributed by atoms with van der Waals surface area (Å²) in [6, 6.07) is 8.18. The van der Waals surface area contributed by atoms with Crippen molar-refractivity contribution in [3.63, 3.8) is 0 Å². The quantitative estimate of drug-likeness (QED) is 0.338. The van der Waals surface area contributed by atoms with Crippen molar-refractivity contribution in [3.8, 4) is 0 Å². The Morgan fingerprint density at radius 2 is 1.55 bits per heavy atom. The van der Waals surface area contributed by atoms with Gasteiger partial charge in [-0.25, -0.2) is 0 Å². The van der Waals surface area contributed by atoms with Crippen LogP contribution in [0.5, 0.6) is 0 Å². The lowest BCUT2D eigenvalue weighted by Gasteiger charge is -2.32. The van der Waals surface area contributed by atoms with E-state index in [2.05, 4.69) is 11.9 Å². The Morgan fingerprint density at radius 1 is 0.925 bits per heavy atom. The summed E-state index contributed by atoms with van der Waals surface area (Å²) in [4.78, 5) is 26.9. The minimum atomic E-state index is -5.42. The molecule has 2 aliphatic rings. The second-order valence-electron chi connectivity index (χ2n) is 9.58. The summed E-state index contributed by atoms with van der Waals surface area (Å²) in [6.07, 6.45) is -9.99. The molecule has 4 rings (SSSR count). The first kappa shape index (κ1) is 29.8. The number of nitrogens with zero attached hydrogens (tertiary/aromatic N) is 2. The van der Waals surface area contributed by atoms with Crippen molar-refractivity contribution in [1.29, 1.82) is 0 Å². The van der Waals surface area contributed by atoms with Gasteiger partial charge in [0.15, 0.2) is 0 Å². The Kier molecular flexibility index (Phi) is 8.74. The van der Waals surface area contributed by atoms with Crippen molar-refractivity contribution in [2.24, 2.45) is 5.92 Å². The number of rotatable bonds is 6. The molecule has 0 spiro atoms. The lowest BCUT2D eigenvalue weighted by molar-refractivity contribution is -0.163. The van der Waals surface area contributed by atoms with Crippen molar-refractivity contribution < 1.29 is 41.0 Å². The van der Waals surface area contributed by atoms with Gasteiger partial charge in [-0.15, -0.1) is 0 Å². The molecule has 216 valence electrons. The number of hydrogen-bond donors (Lipinski definition) is 2. The fourth-order valence-electron chi connectivity index (χ4n) is 4.93. The topological polar surface area (TPSA) is 72.9 Å². The van der Waals surface area contributed by atoms with Crippen LogP contribution in [0.15, 0.2) is 52.8 Å². The number of piperazine rings is 1. The van der Waals surface area contributed by atoms with E-state index in [1.54, 1.807) is 18.2 Å². The van der Waals surface area contributed by atoms with Crippen molar-refractivity contribution in [1.82, 2.24) is 10.2 Å². The van der Waals surface area contributed by atoms with Gasteiger partial charge in [0.2, 0.25) is 0 Å². The minimum Gasteiger partial charge on any atom is -0.481 e. The zero-order valence-electron chi connectivity index (χ0n) is 21.2. The fourth-order valence-corrected chi connectivity index (χ4v) is 5.96. The molecular weight excluding hydrogens is 560 g/mol. The average molecular weight is 588 g/mol. The fraction of sp³-hybridized carbons (Fsp3) is 0.407. The third kappa shape index (κ3) is 6.57. The van der Waals surface area contributed by atoms with E-state index in [4.69, 9.17) is 0 Å². The van der Waals surface area contributed by atoms with Gasteiger partial charge in [0.25, 0.3) is 5.91 Å². The van der Waals surface area contributed by atoms with E-state index >= 15 is 0 Å². The number of benzene rings is 2.